The van der Waals surface area contributed by atoms with E-state index in [1.165, 1.54) is 0 Å². The summed E-state index contributed by atoms with van der Waals surface area (Å²) in [5, 5.41) is 20.8. The second-order valence-corrected chi connectivity index (χ2v) is 8.35. The van der Waals surface area contributed by atoms with Crippen LogP contribution in [0.25, 0.3) is 0 Å². The van der Waals surface area contributed by atoms with Gasteiger partial charge >= 0.3 is 0 Å². The molecule has 0 aromatic heterocycles. The summed E-state index contributed by atoms with van der Waals surface area (Å²) in [6.45, 7) is 9.97. The number of rotatable bonds is 3. The zero-order chi connectivity index (χ0) is 17.9. The summed E-state index contributed by atoms with van der Waals surface area (Å²) in [5.74, 6) is -0.126. The fourth-order valence-electron chi connectivity index (χ4n) is 5.21. The molecule has 134 valence electrons. The molecule has 3 aliphatic rings. The molecule has 2 N–H and O–H groups in total. The van der Waals surface area contributed by atoms with Gasteiger partial charge in [-0.3, -0.25) is 4.79 Å². The maximum atomic E-state index is 13.4. The number of hydrogen-bond acceptors (Lipinski definition) is 4. The third kappa shape index (κ3) is 2.27. The number of aliphatic hydroxyl groups excluding tert-OH is 1. The molecule has 1 saturated carbocycles. The van der Waals surface area contributed by atoms with Crippen molar-refractivity contribution in [3.05, 3.63) is 22.8 Å². The molecule has 4 heteroatoms. The van der Waals surface area contributed by atoms with E-state index >= 15 is 0 Å². The number of carbonyl (C=O) groups is 1. The Balaban J connectivity index is 2.18. The van der Waals surface area contributed by atoms with Crippen LogP contribution in [0.15, 0.2) is 22.8 Å². The lowest BCUT2D eigenvalue weighted by atomic mass is 9.62. The third-order valence-electron chi connectivity index (χ3n) is 6.50. The first-order chi connectivity index (χ1) is 11.2. The highest BCUT2D eigenvalue weighted by molar-refractivity contribution is 6.06. The zero-order valence-corrected chi connectivity index (χ0v) is 15.4. The predicted molar refractivity (Wildman–Crippen MR) is 92.4 cm³/mol. The fraction of sp³-hybridized carbons (Fsp3) is 0.750. The molecule has 0 spiro atoms. The molecule has 0 aromatic carbocycles. The van der Waals surface area contributed by atoms with E-state index in [1.807, 2.05) is 27.7 Å². The Bertz CT molecular complexity index is 615. The second kappa shape index (κ2) is 5.79. The highest BCUT2D eigenvalue weighted by Gasteiger charge is 2.63. The summed E-state index contributed by atoms with van der Waals surface area (Å²) in [6.07, 6.45) is 3.94. The summed E-state index contributed by atoms with van der Waals surface area (Å²) < 4.78 is 6.29. The Morgan fingerprint density at radius 3 is 2.58 bits per heavy atom. The van der Waals surface area contributed by atoms with Gasteiger partial charge < -0.3 is 14.9 Å². The number of fused-ring (bicyclic) bond motifs is 1. The summed E-state index contributed by atoms with van der Waals surface area (Å²) in [7, 11) is 0. The Kier molecular flexibility index (Phi) is 4.30. The molecular weight excluding hydrogens is 304 g/mol. The highest BCUT2D eigenvalue weighted by Crippen LogP contribution is 2.57. The molecule has 0 bridgehead atoms. The summed E-state index contributed by atoms with van der Waals surface area (Å²) in [5.41, 5.74) is 0.688. The number of aliphatic hydroxyl groups is 2. The molecule has 1 aliphatic heterocycles. The number of ether oxygens (including phenoxy) is 1. The SMILES string of the molecule is CC(C)=C[C@H]1O[C@@](C)(CCO)C2=C1[C@@H](C)[C@@H]1CC[C@H](C)[C@]1(O)C2=O. The minimum atomic E-state index is -1.28. The third-order valence-corrected chi connectivity index (χ3v) is 6.50. The normalized spacial score (nSPS) is 44.5. The van der Waals surface area contributed by atoms with Gasteiger partial charge in [-0.15, -0.1) is 0 Å². The van der Waals surface area contributed by atoms with Gasteiger partial charge in [-0.2, -0.15) is 0 Å². The molecule has 0 saturated heterocycles. The van der Waals surface area contributed by atoms with Crippen molar-refractivity contribution in [1.82, 2.24) is 0 Å². The molecule has 6 atom stereocenters. The van der Waals surface area contributed by atoms with Crippen LogP contribution in [0.2, 0.25) is 0 Å². The van der Waals surface area contributed by atoms with Crippen LogP contribution in [0.3, 0.4) is 0 Å². The zero-order valence-electron chi connectivity index (χ0n) is 15.4. The predicted octanol–water partition coefficient (Wildman–Crippen LogP) is 2.79. The van der Waals surface area contributed by atoms with Crippen LogP contribution in [0.1, 0.15) is 53.9 Å². The Morgan fingerprint density at radius 1 is 1.33 bits per heavy atom. The van der Waals surface area contributed by atoms with E-state index in [2.05, 4.69) is 13.0 Å². The van der Waals surface area contributed by atoms with Gasteiger partial charge in [0.05, 0.1) is 11.7 Å². The van der Waals surface area contributed by atoms with Crippen LogP contribution in [0, 0.1) is 17.8 Å². The maximum absolute atomic E-state index is 13.4. The summed E-state index contributed by atoms with van der Waals surface area (Å²) >= 11 is 0. The van der Waals surface area contributed by atoms with Gasteiger partial charge in [-0.1, -0.05) is 25.5 Å². The molecule has 0 aromatic rings. The van der Waals surface area contributed by atoms with E-state index in [4.69, 9.17) is 4.74 Å². The van der Waals surface area contributed by atoms with Gasteiger partial charge in [0.15, 0.2) is 5.78 Å². The van der Waals surface area contributed by atoms with Crippen molar-refractivity contribution in [2.24, 2.45) is 17.8 Å². The van der Waals surface area contributed by atoms with Gasteiger partial charge in [0.1, 0.15) is 5.60 Å². The van der Waals surface area contributed by atoms with Crippen LogP contribution in [0.4, 0.5) is 0 Å². The average molecular weight is 334 g/mol. The van der Waals surface area contributed by atoms with Gasteiger partial charge in [0.2, 0.25) is 0 Å². The van der Waals surface area contributed by atoms with Crippen molar-refractivity contribution in [2.45, 2.75) is 71.2 Å². The molecule has 0 unspecified atom stereocenters. The van der Waals surface area contributed by atoms with E-state index < -0.39 is 11.2 Å². The fourth-order valence-corrected chi connectivity index (χ4v) is 5.21. The summed E-state index contributed by atoms with van der Waals surface area (Å²) in [6, 6.07) is 0. The minimum absolute atomic E-state index is 0.0348. The molecule has 4 nitrogen and oxygen atoms in total. The van der Waals surface area contributed by atoms with Crippen LogP contribution in [-0.4, -0.2) is 39.9 Å². The number of Topliss-reactive ketones (excluding diaryl/α,β-unsaturated/α-hetero) is 1. The Hall–Kier alpha value is -0.970. The van der Waals surface area contributed by atoms with Crippen LogP contribution in [0.5, 0.6) is 0 Å². The van der Waals surface area contributed by atoms with Crippen LogP contribution >= 0.6 is 0 Å². The van der Waals surface area contributed by atoms with Crippen molar-refractivity contribution < 1.29 is 19.7 Å². The molecule has 0 amide bonds. The van der Waals surface area contributed by atoms with Gasteiger partial charge in [0, 0.05) is 24.5 Å². The quantitative estimate of drug-likeness (QED) is 0.779. The standard InChI is InChI=1S/C20H30O4/c1-11(2)10-15-16-13(4)14-7-6-12(3)20(14,23)18(22)17(16)19(5,24-15)8-9-21/h10,12-15,21,23H,6-9H2,1-5H3/t12-,13-,14-,15+,19-,20+/m0/s1. The van der Waals surface area contributed by atoms with Crippen molar-refractivity contribution in [1.29, 1.82) is 0 Å². The van der Waals surface area contributed by atoms with Crippen molar-refractivity contribution in [3.8, 4) is 0 Å². The van der Waals surface area contributed by atoms with E-state index in [1.54, 1.807) is 0 Å². The average Bonchev–Trinajstić information content (AvgIpc) is 2.93. The van der Waals surface area contributed by atoms with Crippen molar-refractivity contribution >= 4 is 5.78 Å². The van der Waals surface area contributed by atoms with E-state index in [9.17, 15) is 15.0 Å². The van der Waals surface area contributed by atoms with Crippen LogP contribution in [-0.2, 0) is 9.53 Å². The lowest BCUT2D eigenvalue weighted by Gasteiger charge is -2.42. The van der Waals surface area contributed by atoms with E-state index in [0.29, 0.717) is 12.0 Å². The van der Waals surface area contributed by atoms with E-state index in [-0.39, 0.29) is 36.2 Å². The Morgan fingerprint density at radius 2 is 2.00 bits per heavy atom. The topological polar surface area (TPSA) is 66.8 Å². The highest BCUT2D eigenvalue weighted by atomic mass is 16.5. The largest absolute Gasteiger partial charge is 0.396 e. The van der Waals surface area contributed by atoms with Gasteiger partial charge in [-0.05, 0) is 51.0 Å². The number of hydrogen-bond donors (Lipinski definition) is 2. The summed E-state index contributed by atoms with van der Waals surface area (Å²) in [4.78, 5) is 13.4. The monoisotopic (exact) mass is 334 g/mol. The van der Waals surface area contributed by atoms with Crippen molar-refractivity contribution in [3.63, 3.8) is 0 Å². The van der Waals surface area contributed by atoms with E-state index in [0.717, 1.165) is 24.0 Å². The van der Waals surface area contributed by atoms with Gasteiger partial charge in [-0.25, -0.2) is 0 Å². The number of allylic oxidation sites excluding steroid dienone is 1. The number of ketones is 1. The lowest BCUT2D eigenvalue weighted by molar-refractivity contribution is -0.146. The first-order valence-corrected chi connectivity index (χ1v) is 9.12. The maximum Gasteiger partial charge on any atom is 0.193 e. The molecule has 24 heavy (non-hydrogen) atoms. The molecule has 0 radical (unpaired) electrons. The van der Waals surface area contributed by atoms with Crippen molar-refractivity contribution in [2.75, 3.05) is 6.61 Å². The Labute approximate surface area is 144 Å². The van der Waals surface area contributed by atoms with Gasteiger partial charge in [0.25, 0.3) is 0 Å². The first kappa shape index (κ1) is 17.8. The minimum Gasteiger partial charge on any atom is -0.396 e. The first-order valence-electron chi connectivity index (χ1n) is 9.12. The second-order valence-electron chi connectivity index (χ2n) is 8.35. The molecule has 2 aliphatic carbocycles. The molecule has 3 rings (SSSR count). The number of carbonyl (C=O) groups excluding carboxylic acids is 1. The molecular formula is C20H30O4. The molecule has 1 heterocycles. The smallest absolute Gasteiger partial charge is 0.193 e. The van der Waals surface area contributed by atoms with Crippen LogP contribution < -0.4 is 0 Å². The molecule has 1 fully saturated rings. The lowest BCUT2D eigenvalue weighted by Crippen LogP contribution is -2.55.